The van der Waals surface area contributed by atoms with E-state index in [9.17, 15) is 9.90 Å². The molecule has 2 aromatic rings. The van der Waals surface area contributed by atoms with Gasteiger partial charge in [-0.1, -0.05) is 0 Å². The van der Waals surface area contributed by atoms with Gasteiger partial charge in [-0.25, -0.2) is 4.79 Å². The summed E-state index contributed by atoms with van der Waals surface area (Å²) < 4.78 is 0. The van der Waals surface area contributed by atoms with Crippen LogP contribution in [0.5, 0.6) is 5.75 Å². The molecule has 0 spiro atoms. The zero-order valence-corrected chi connectivity index (χ0v) is 7.77. The topological polar surface area (TPSA) is 73.3 Å². The van der Waals surface area contributed by atoms with Crippen molar-refractivity contribution in [1.82, 2.24) is 4.98 Å². The van der Waals surface area contributed by atoms with Gasteiger partial charge in [-0.05, 0) is 24.3 Å². The molecule has 4 heteroatoms. The minimum Gasteiger partial charge on any atom is -0.508 e. The molecule has 0 aliphatic rings. The molecule has 0 amide bonds. The van der Waals surface area contributed by atoms with E-state index < -0.39 is 5.97 Å². The van der Waals surface area contributed by atoms with Crippen LogP contribution in [0.15, 0.2) is 30.5 Å². The highest BCUT2D eigenvalue weighted by atomic mass is 16.4. The molecule has 1 aromatic heterocycles. The number of fused-ring (bicyclic) bond motifs is 1. The van der Waals surface area contributed by atoms with E-state index in [2.05, 4.69) is 4.98 Å². The van der Waals surface area contributed by atoms with Crippen LogP contribution >= 0.6 is 0 Å². The normalized spacial score (nSPS) is 11.2. The summed E-state index contributed by atoms with van der Waals surface area (Å²) in [7, 11) is 0. The van der Waals surface area contributed by atoms with Crippen LogP contribution in [-0.4, -0.2) is 21.2 Å². The number of hydrogen-bond acceptors (Lipinski definition) is 2. The van der Waals surface area contributed by atoms with Gasteiger partial charge in [-0.15, -0.1) is 0 Å². The summed E-state index contributed by atoms with van der Waals surface area (Å²) in [6.07, 6.45) is 4.25. The van der Waals surface area contributed by atoms with E-state index in [0.717, 1.165) is 22.5 Å². The summed E-state index contributed by atoms with van der Waals surface area (Å²) in [6, 6.07) is 4.90. The molecular weight excluding hydrogens is 194 g/mol. The standard InChI is InChI=1S/C11H9NO3/c13-8-2-3-10-9(5-8)7(6-12-10)1-4-11(14)15/h1-6,12-13H,(H,14,15)/b4-1-. The first-order valence-corrected chi connectivity index (χ1v) is 4.38. The molecule has 0 unspecified atom stereocenters. The third-order valence-corrected chi connectivity index (χ3v) is 2.10. The van der Waals surface area contributed by atoms with Gasteiger partial charge in [0.2, 0.25) is 0 Å². The van der Waals surface area contributed by atoms with Gasteiger partial charge in [0.1, 0.15) is 5.75 Å². The Morgan fingerprint density at radius 3 is 2.93 bits per heavy atom. The van der Waals surface area contributed by atoms with Gasteiger partial charge in [0, 0.05) is 28.7 Å². The van der Waals surface area contributed by atoms with Crippen LogP contribution in [0.25, 0.3) is 17.0 Å². The van der Waals surface area contributed by atoms with Crippen LogP contribution in [0.1, 0.15) is 5.56 Å². The van der Waals surface area contributed by atoms with E-state index in [1.807, 2.05) is 0 Å². The molecule has 76 valence electrons. The minimum absolute atomic E-state index is 0.159. The molecule has 1 heterocycles. The number of aliphatic carboxylic acids is 1. The zero-order chi connectivity index (χ0) is 10.8. The number of phenolic OH excluding ortho intramolecular Hbond substituents is 1. The number of aromatic hydroxyl groups is 1. The Bertz CT molecular complexity index is 540. The van der Waals surface area contributed by atoms with Gasteiger partial charge in [0.25, 0.3) is 0 Å². The van der Waals surface area contributed by atoms with E-state index in [-0.39, 0.29) is 5.75 Å². The van der Waals surface area contributed by atoms with E-state index in [4.69, 9.17) is 5.11 Å². The number of aromatic nitrogens is 1. The van der Waals surface area contributed by atoms with Gasteiger partial charge in [-0.2, -0.15) is 0 Å². The van der Waals surface area contributed by atoms with E-state index in [1.54, 1.807) is 24.4 Å². The Labute approximate surface area is 85.5 Å². The van der Waals surface area contributed by atoms with Gasteiger partial charge in [0.05, 0.1) is 0 Å². The molecular formula is C11H9NO3. The van der Waals surface area contributed by atoms with Gasteiger partial charge in [0.15, 0.2) is 0 Å². The number of carbonyl (C=O) groups is 1. The Morgan fingerprint density at radius 1 is 1.40 bits per heavy atom. The molecule has 15 heavy (non-hydrogen) atoms. The average Bonchev–Trinajstić information content (AvgIpc) is 2.57. The molecule has 0 saturated carbocycles. The Balaban J connectivity index is 2.52. The van der Waals surface area contributed by atoms with E-state index >= 15 is 0 Å². The van der Waals surface area contributed by atoms with Crippen molar-refractivity contribution in [1.29, 1.82) is 0 Å². The number of rotatable bonds is 2. The number of carboxylic acid groups (broad SMARTS) is 1. The largest absolute Gasteiger partial charge is 0.508 e. The maximum atomic E-state index is 10.4. The molecule has 3 N–H and O–H groups in total. The number of hydrogen-bond donors (Lipinski definition) is 3. The van der Waals surface area contributed by atoms with Crippen LogP contribution in [-0.2, 0) is 4.79 Å². The van der Waals surface area contributed by atoms with Crippen molar-refractivity contribution in [2.24, 2.45) is 0 Å². The summed E-state index contributed by atoms with van der Waals surface area (Å²) in [4.78, 5) is 13.3. The van der Waals surface area contributed by atoms with Crippen LogP contribution < -0.4 is 0 Å². The van der Waals surface area contributed by atoms with Crippen molar-refractivity contribution in [2.75, 3.05) is 0 Å². The molecule has 4 nitrogen and oxygen atoms in total. The molecule has 1 aromatic carbocycles. The lowest BCUT2D eigenvalue weighted by Gasteiger charge is -1.93. The number of carboxylic acids is 1. The minimum atomic E-state index is -0.996. The highest BCUT2D eigenvalue weighted by Crippen LogP contribution is 2.23. The second kappa shape index (κ2) is 3.49. The highest BCUT2D eigenvalue weighted by Gasteiger charge is 2.01. The maximum Gasteiger partial charge on any atom is 0.328 e. The second-order valence-electron chi connectivity index (χ2n) is 3.15. The molecule has 0 aliphatic carbocycles. The Kier molecular flexibility index (Phi) is 2.17. The van der Waals surface area contributed by atoms with Crippen molar-refractivity contribution < 1.29 is 15.0 Å². The zero-order valence-electron chi connectivity index (χ0n) is 7.77. The number of aromatic amines is 1. The fraction of sp³-hybridized carbons (Fsp3) is 0. The summed E-state index contributed by atoms with van der Waals surface area (Å²) in [6.45, 7) is 0. The van der Waals surface area contributed by atoms with Gasteiger partial charge < -0.3 is 15.2 Å². The van der Waals surface area contributed by atoms with Gasteiger partial charge in [-0.3, -0.25) is 0 Å². The fourth-order valence-corrected chi connectivity index (χ4v) is 1.43. The highest BCUT2D eigenvalue weighted by molar-refractivity contribution is 5.93. The molecule has 0 aliphatic heterocycles. The first kappa shape index (κ1) is 9.33. The number of nitrogens with one attached hydrogen (secondary N) is 1. The lowest BCUT2D eigenvalue weighted by Crippen LogP contribution is -1.84. The SMILES string of the molecule is O=C(O)/C=C\c1c[nH]c2ccc(O)cc12. The first-order chi connectivity index (χ1) is 7.16. The Hall–Kier alpha value is -2.23. The average molecular weight is 203 g/mol. The smallest absolute Gasteiger partial charge is 0.328 e. The third kappa shape index (κ3) is 1.83. The van der Waals surface area contributed by atoms with Crippen molar-refractivity contribution in [3.05, 3.63) is 36.0 Å². The van der Waals surface area contributed by atoms with Crippen LogP contribution in [0.4, 0.5) is 0 Å². The third-order valence-electron chi connectivity index (χ3n) is 2.10. The number of H-pyrrole nitrogens is 1. The molecule has 0 fully saturated rings. The first-order valence-electron chi connectivity index (χ1n) is 4.38. The quantitative estimate of drug-likeness (QED) is 0.653. The lowest BCUT2D eigenvalue weighted by molar-refractivity contribution is -0.131. The summed E-state index contributed by atoms with van der Waals surface area (Å²) in [5, 5.41) is 18.6. The summed E-state index contributed by atoms with van der Waals surface area (Å²) in [5.41, 5.74) is 1.60. The van der Waals surface area contributed by atoms with Crippen LogP contribution in [0.2, 0.25) is 0 Å². The van der Waals surface area contributed by atoms with Crippen LogP contribution in [0, 0.1) is 0 Å². The summed E-state index contributed by atoms with van der Waals surface area (Å²) >= 11 is 0. The molecule has 0 radical (unpaired) electrons. The van der Waals surface area contributed by atoms with Gasteiger partial charge >= 0.3 is 5.97 Å². The number of benzene rings is 1. The second-order valence-corrected chi connectivity index (χ2v) is 3.15. The molecule has 0 saturated heterocycles. The molecule has 0 bridgehead atoms. The van der Waals surface area contributed by atoms with E-state index in [1.165, 1.54) is 6.08 Å². The van der Waals surface area contributed by atoms with Crippen LogP contribution in [0.3, 0.4) is 0 Å². The Morgan fingerprint density at radius 2 is 2.20 bits per heavy atom. The van der Waals surface area contributed by atoms with Crippen molar-refractivity contribution in [3.63, 3.8) is 0 Å². The molecule has 2 rings (SSSR count). The fourth-order valence-electron chi connectivity index (χ4n) is 1.43. The molecule has 0 atom stereocenters. The van der Waals surface area contributed by atoms with Crippen molar-refractivity contribution in [3.8, 4) is 5.75 Å². The van der Waals surface area contributed by atoms with Crippen molar-refractivity contribution in [2.45, 2.75) is 0 Å². The predicted octanol–water partition coefficient (Wildman–Crippen LogP) is 1.97. The maximum absolute atomic E-state index is 10.4. The predicted molar refractivity (Wildman–Crippen MR) is 56.6 cm³/mol. The van der Waals surface area contributed by atoms with Crippen molar-refractivity contribution >= 4 is 22.9 Å². The van der Waals surface area contributed by atoms with E-state index in [0.29, 0.717) is 0 Å². The number of phenols is 1. The monoisotopic (exact) mass is 203 g/mol. The summed E-state index contributed by atoms with van der Waals surface area (Å²) in [5.74, 6) is -0.837. The lowest BCUT2D eigenvalue weighted by atomic mass is 10.1.